The lowest BCUT2D eigenvalue weighted by Crippen LogP contribution is -2.23. The van der Waals surface area contributed by atoms with Crippen molar-refractivity contribution < 1.29 is 4.79 Å². The molecule has 0 fully saturated rings. The SMILES string of the molecule is CCc1cnc(CNC(=O)c2cc(Cl)ncc2N)s1. The number of aromatic nitrogens is 2. The number of nitrogen functional groups attached to an aromatic ring is 1. The van der Waals surface area contributed by atoms with Crippen LogP contribution in [0, 0.1) is 0 Å². The molecular weight excluding hydrogens is 284 g/mol. The summed E-state index contributed by atoms with van der Waals surface area (Å²) in [5.41, 5.74) is 6.32. The molecule has 2 heterocycles. The summed E-state index contributed by atoms with van der Waals surface area (Å²) in [4.78, 5) is 21.2. The zero-order valence-corrected chi connectivity index (χ0v) is 11.9. The zero-order valence-electron chi connectivity index (χ0n) is 10.3. The smallest absolute Gasteiger partial charge is 0.253 e. The molecule has 3 N–H and O–H groups in total. The van der Waals surface area contributed by atoms with Crippen LogP contribution >= 0.6 is 22.9 Å². The Morgan fingerprint density at radius 1 is 1.47 bits per heavy atom. The van der Waals surface area contributed by atoms with Crippen molar-refractivity contribution in [3.63, 3.8) is 0 Å². The van der Waals surface area contributed by atoms with E-state index in [1.54, 1.807) is 11.3 Å². The van der Waals surface area contributed by atoms with E-state index < -0.39 is 0 Å². The Balaban J connectivity index is 2.03. The lowest BCUT2D eigenvalue weighted by molar-refractivity contribution is 0.0951. The Kier molecular flexibility index (Phi) is 4.34. The van der Waals surface area contributed by atoms with Crippen molar-refractivity contribution in [2.45, 2.75) is 19.9 Å². The molecule has 0 spiro atoms. The molecule has 0 saturated heterocycles. The molecule has 5 nitrogen and oxygen atoms in total. The van der Waals surface area contributed by atoms with Gasteiger partial charge in [-0.25, -0.2) is 9.97 Å². The fourth-order valence-electron chi connectivity index (χ4n) is 1.48. The Labute approximate surface area is 119 Å². The number of amides is 1. The van der Waals surface area contributed by atoms with Crippen LogP contribution < -0.4 is 11.1 Å². The summed E-state index contributed by atoms with van der Waals surface area (Å²) in [6, 6.07) is 1.45. The number of thiazole rings is 1. The van der Waals surface area contributed by atoms with Crippen LogP contribution in [0.3, 0.4) is 0 Å². The maximum absolute atomic E-state index is 12.0. The van der Waals surface area contributed by atoms with Crippen LogP contribution in [0.2, 0.25) is 5.15 Å². The number of hydrogen-bond donors (Lipinski definition) is 2. The van der Waals surface area contributed by atoms with Crippen LogP contribution in [-0.2, 0) is 13.0 Å². The summed E-state index contributed by atoms with van der Waals surface area (Å²) in [6.45, 7) is 2.44. The quantitative estimate of drug-likeness (QED) is 0.848. The van der Waals surface area contributed by atoms with Crippen molar-refractivity contribution >= 4 is 34.5 Å². The summed E-state index contributed by atoms with van der Waals surface area (Å²) in [6.07, 6.45) is 4.14. The monoisotopic (exact) mass is 296 g/mol. The van der Waals surface area contributed by atoms with E-state index in [1.807, 2.05) is 6.20 Å². The normalized spacial score (nSPS) is 10.4. The van der Waals surface area contributed by atoms with Gasteiger partial charge in [0.05, 0.1) is 24.0 Å². The molecular formula is C12H13ClN4OS. The van der Waals surface area contributed by atoms with Gasteiger partial charge in [0.25, 0.3) is 5.91 Å². The molecule has 0 radical (unpaired) electrons. The Hall–Kier alpha value is -1.66. The maximum atomic E-state index is 12.0. The maximum Gasteiger partial charge on any atom is 0.253 e. The van der Waals surface area contributed by atoms with Gasteiger partial charge in [-0.2, -0.15) is 0 Å². The number of hydrogen-bond acceptors (Lipinski definition) is 5. The summed E-state index contributed by atoms with van der Waals surface area (Å²) >= 11 is 7.33. The van der Waals surface area contributed by atoms with E-state index in [0.717, 1.165) is 11.4 Å². The molecule has 7 heteroatoms. The molecule has 1 amide bonds. The van der Waals surface area contributed by atoms with Crippen LogP contribution in [-0.4, -0.2) is 15.9 Å². The van der Waals surface area contributed by atoms with Crippen LogP contribution in [0.4, 0.5) is 5.69 Å². The third-order valence-electron chi connectivity index (χ3n) is 2.50. The molecule has 0 atom stereocenters. The van der Waals surface area contributed by atoms with Crippen molar-refractivity contribution in [3.8, 4) is 0 Å². The number of halogens is 1. The average molecular weight is 297 g/mol. The van der Waals surface area contributed by atoms with Gasteiger partial charge in [-0.05, 0) is 12.5 Å². The number of pyridine rings is 1. The topological polar surface area (TPSA) is 80.9 Å². The van der Waals surface area contributed by atoms with Crippen molar-refractivity contribution in [2.75, 3.05) is 5.73 Å². The first kappa shape index (κ1) is 13.8. The van der Waals surface area contributed by atoms with Crippen LogP contribution in [0.15, 0.2) is 18.5 Å². The molecule has 0 aliphatic carbocycles. The van der Waals surface area contributed by atoms with Crippen LogP contribution in [0.1, 0.15) is 27.2 Å². The van der Waals surface area contributed by atoms with Gasteiger partial charge in [-0.15, -0.1) is 11.3 Å². The van der Waals surface area contributed by atoms with Crippen LogP contribution in [0.25, 0.3) is 0 Å². The Morgan fingerprint density at radius 3 is 2.95 bits per heavy atom. The first-order chi connectivity index (χ1) is 9.10. The number of nitrogens with zero attached hydrogens (tertiary/aromatic N) is 2. The Morgan fingerprint density at radius 2 is 2.26 bits per heavy atom. The number of nitrogens with two attached hydrogens (primary N) is 1. The molecule has 2 aromatic rings. The second-order valence-corrected chi connectivity index (χ2v) is 5.44. The lowest BCUT2D eigenvalue weighted by atomic mass is 10.2. The number of carbonyl (C=O) groups is 1. The molecule has 100 valence electrons. The fraction of sp³-hybridized carbons (Fsp3) is 0.250. The molecule has 2 rings (SSSR count). The van der Waals surface area contributed by atoms with Gasteiger partial charge < -0.3 is 11.1 Å². The van der Waals surface area contributed by atoms with E-state index in [9.17, 15) is 4.79 Å². The van der Waals surface area contributed by atoms with Crippen molar-refractivity contribution in [3.05, 3.63) is 39.1 Å². The molecule has 19 heavy (non-hydrogen) atoms. The van der Waals surface area contributed by atoms with Crippen molar-refractivity contribution in [1.29, 1.82) is 0 Å². The second kappa shape index (κ2) is 5.99. The highest BCUT2D eigenvalue weighted by Gasteiger charge is 2.11. The zero-order chi connectivity index (χ0) is 13.8. The van der Waals surface area contributed by atoms with Crippen molar-refractivity contribution in [1.82, 2.24) is 15.3 Å². The third kappa shape index (κ3) is 3.42. The molecule has 0 aliphatic rings. The molecule has 0 aromatic carbocycles. The minimum Gasteiger partial charge on any atom is -0.397 e. The number of anilines is 1. The van der Waals surface area contributed by atoms with E-state index in [2.05, 4.69) is 22.2 Å². The van der Waals surface area contributed by atoms with Gasteiger partial charge in [0.2, 0.25) is 0 Å². The first-order valence-electron chi connectivity index (χ1n) is 5.73. The van der Waals surface area contributed by atoms with E-state index in [0.29, 0.717) is 17.8 Å². The summed E-state index contributed by atoms with van der Waals surface area (Å²) in [5.74, 6) is -0.282. The summed E-state index contributed by atoms with van der Waals surface area (Å²) in [5, 5.41) is 3.87. The highest BCUT2D eigenvalue weighted by atomic mass is 35.5. The van der Waals surface area contributed by atoms with E-state index >= 15 is 0 Å². The average Bonchev–Trinajstić information content (AvgIpc) is 2.87. The van der Waals surface area contributed by atoms with Gasteiger partial charge in [0, 0.05) is 11.1 Å². The second-order valence-electron chi connectivity index (χ2n) is 3.85. The molecule has 0 unspecified atom stereocenters. The van der Waals surface area contributed by atoms with E-state index in [4.69, 9.17) is 17.3 Å². The van der Waals surface area contributed by atoms with Gasteiger partial charge >= 0.3 is 0 Å². The molecule has 0 saturated carbocycles. The van der Waals surface area contributed by atoms with Gasteiger partial charge in [-0.3, -0.25) is 4.79 Å². The van der Waals surface area contributed by atoms with Crippen LogP contribution in [0.5, 0.6) is 0 Å². The predicted octanol–water partition coefficient (Wildman–Crippen LogP) is 2.27. The number of nitrogens with one attached hydrogen (secondary N) is 1. The van der Waals surface area contributed by atoms with E-state index in [-0.39, 0.29) is 11.1 Å². The summed E-state index contributed by atoms with van der Waals surface area (Å²) in [7, 11) is 0. The standard InChI is InChI=1S/C12H13ClN4OS/c1-2-7-4-16-11(19-7)6-17-12(18)8-3-10(13)15-5-9(8)14/h3-5H,2,6,14H2,1H3,(H,17,18). The number of carbonyl (C=O) groups excluding carboxylic acids is 1. The summed E-state index contributed by atoms with van der Waals surface area (Å²) < 4.78 is 0. The number of aryl methyl sites for hydroxylation is 1. The molecule has 0 aliphatic heterocycles. The van der Waals surface area contributed by atoms with Crippen molar-refractivity contribution in [2.24, 2.45) is 0 Å². The van der Waals surface area contributed by atoms with Gasteiger partial charge in [-0.1, -0.05) is 18.5 Å². The first-order valence-corrected chi connectivity index (χ1v) is 6.92. The third-order valence-corrected chi connectivity index (χ3v) is 3.84. The minimum absolute atomic E-state index is 0.238. The number of rotatable bonds is 4. The fourth-order valence-corrected chi connectivity index (χ4v) is 2.44. The lowest BCUT2D eigenvalue weighted by Gasteiger charge is -2.06. The largest absolute Gasteiger partial charge is 0.397 e. The predicted molar refractivity (Wildman–Crippen MR) is 76.3 cm³/mol. The molecule has 2 aromatic heterocycles. The molecule has 0 bridgehead atoms. The Bertz CT molecular complexity index is 599. The van der Waals surface area contributed by atoms with Gasteiger partial charge in [0.1, 0.15) is 10.2 Å². The highest BCUT2D eigenvalue weighted by Crippen LogP contribution is 2.16. The highest BCUT2D eigenvalue weighted by molar-refractivity contribution is 7.11. The minimum atomic E-state index is -0.282. The van der Waals surface area contributed by atoms with E-state index in [1.165, 1.54) is 17.1 Å². The van der Waals surface area contributed by atoms with Gasteiger partial charge in [0.15, 0.2) is 0 Å².